The molecule has 3 rings (SSSR count). The van der Waals surface area contributed by atoms with Gasteiger partial charge in [0, 0.05) is 45.1 Å². The first kappa shape index (κ1) is 23.0. The smallest absolute Gasteiger partial charge is 0.355 e. The highest BCUT2D eigenvalue weighted by Gasteiger charge is 2.32. The number of halogens is 3. The van der Waals surface area contributed by atoms with E-state index in [-0.39, 0.29) is 18.4 Å². The van der Waals surface area contributed by atoms with Crippen molar-refractivity contribution < 1.29 is 18.0 Å². The molecule has 0 radical (unpaired) electrons. The second kappa shape index (κ2) is 10.1. The second-order valence-electron chi connectivity index (χ2n) is 8.11. The molecule has 168 valence electrons. The van der Waals surface area contributed by atoms with Gasteiger partial charge in [0.05, 0.1) is 17.7 Å². The van der Waals surface area contributed by atoms with Crippen LogP contribution in [0.3, 0.4) is 0 Å². The highest BCUT2D eigenvalue weighted by molar-refractivity contribution is 5.79. The van der Waals surface area contributed by atoms with Crippen molar-refractivity contribution >= 4 is 11.7 Å². The third kappa shape index (κ3) is 6.40. The van der Waals surface area contributed by atoms with Crippen LogP contribution in [0.1, 0.15) is 24.0 Å². The van der Waals surface area contributed by atoms with E-state index in [0.717, 1.165) is 37.3 Å². The standard InChI is InChI=1S/C22H28F3N5O/c1-28(2)11-12-30(15-17-5-3-7-19(13-17)22(23,24)25)21(31)18-6-4-10-29(16-18)20-14-26-8-9-27-20/h3,5,7-9,13-14,18H,4,6,10-12,15-16H2,1-2H3. The first-order valence-electron chi connectivity index (χ1n) is 10.3. The predicted molar refractivity (Wildman–Crippen MR) is 112 cm³/mol. The Labute approximate surface area is 180 Å². The molecule has 1 aliphatic rings. The zero-order chi connectivity index (χ0) is 22.4. The summed E-state index contributed by atoms with van der Waals surface area (Å²) in [7, 11) is 3.81. The van der Waals surface area contributed by atoms with Crippen LogP contribution in [0.15, 0.2) is 42.9 Å². The highest BCUT2D eigenvalue weighted by atomic mass is 19.4. The Bertz CT molecular complexity index is 860. The van der Waals surface area contributed by atoms with Crippen LogP contribution in [0.5, 0.6) is 0 Å². The molecule has 1 aromatic heterocycles. The minimum Gasteiger partial charge on any atom is -0.355 e. The molecule has 1 aliphatic heterocycles. The van der Waals surface area contributed by atoms with Crippen LogP contribution in [-0.2, 0) is 17.5 Å². The molecule has 1 aromatic carbocycles. The topological polar surface area (TPSA) is 52.6 Å². The van der Waals surface area contributed by atoms with Gasteiger partial charge in [-0.05, 0) is 44.6 Å². The summed E-state index contributed by atoms with van der Waals surface area (Å²) < 4.78 is 39.3. The molecule has 0 spiro atoms. The molecule has 0 saturated carbocycles. The molecule has 9 heteroatoms. The Kier molecular flexibility index (Phi) is 7.48. The van der Waals surface area contributed by atoms with Gasteiger partial charge in [0.15, 0.2) is 0 Å². The van der Waals surface area contributed by atoms with E-state index in [1.54, 1.807) is 29.6 Å². The second-order valence-corrected chi connectivity index (χ2v) is 8.11. The van der Waals surface area contributed by atoms with Crippen molar-refractivity contribution in [2.24, 2.45) is 5.92 Å². The summed E-state index contributed by atoms with van der Waals surface area (Å²) in [6.45, 7) is 2.56. The summed E-state index contributed by atoms with van der Waals surface area (Å²) in [6.07, 6.45) is 2.09. The van der Waals surface area contributed by atoms with Crippen molar-refractivity contribution in [3.05, 3.63) is 54.0 Å². The lowest BCUT2D eigenvalue weighted by Gasteiger charge is -2.36. The number of anilines is 1. The first-order chi connectivity index (χ1) is 14.7. The molecule has 6 nitrogen and oxygen atoms in total. The van der Waals surface area contributed by atoms with Crippen molar-refractivity contribution in [1.29, 1.82) is 0 Å². The van der Waals surface area contributed by atoms with E-state index in [2.05, 4.69) is 9.97 Å². The molecular formula is C22H28F3N5O. The fourth-order valence-electron chi connectivity index (χ4n) is 3.75. The normalized spacial score (nSPS) is 17.1. The van der Waals surface area contributed by atoms with Gasteiger partial charge >= 0.3 is 6.18 Å². The molecule has 31 heavy (non-hydrogen) atoms. The number of amides is 1. The average Bonchev–Trinajstić information content (AvgIpc) is 2.76. The molecule has 1 amide bonds. The molecule has 2 heterocycles. The van der Waals surface area contributed by atoms with Gasteiger partial charge in [-0.15, -0.1) is 0 Å². The summed E-state index contributed by atoms with van der Waals surface area (Å²) in [5.74, 6) is 0.467. The molecule has 0 bridgehead atoms. The first-order valence-corrected chi connectivity index (χ1v) is 10.3. The van der Waals surface area contributed by atoms with Crippen molar-refractivity contribution in [1.82, 2.24) is 19.8 Å². The van der Waals surface area contributed by atoms with E-state index in [0.29, 0.717) is 25.2 Å². The zero-order valence-electron chi connectivity index (χ0n) is 17.8. The van der Waals surface area contributed by atoms with Gasteiger partial charge in [-0.1, -0.05) is 12.1 Å². The van der Waals surface area contributed by atoms with Gasteiger partial charge in [-0.25, -0.2) is 4.98 Å². The van der Waals surface area contributed by atoms with Crippen molar-refractivity contribution in [3.8, 4) is 0 Å². The molecule has 2 aromatic rings. The number of nitrogens with zero attached hydrogens (tertiary/aromatic N) is 5. The van der Waals surface area contributed by atoms with Crippen LogP contribution >= 0.6 is 0 Å². The number of likely N-dealkylation sites (N-methyl/N-ethyl adjacent to an activating group) is 1. The van der Waals surface area contributed by atoms with E-state index in [1.807, 2.05) is 23.9 Å². The minimum atomic E-state index is -4.41. The van der Waals surface area contributed by atoms with Crippen LogP contribution < -0.4 is 4.90 Å². The molecule has 1 unspecified atom stereocenters. The quantitative estimate of drug-likeness (QED) is 0.668. The van der Waals surface area contributed by atoms with Crippen molar-refractivity contribution in [3.63, 3.8) is 0 Å². The predicted octanol–water partition coefficient (Wildman–Crippen LogP) is 3.30. The number of carbonyl (C=O) groups is 1. The van der Waals surface area contributed by atoms with Gasteiger partial charge in [0.1, 0.15) is 5.82 Å². The van der Waals surface area contributed by atoms with Gasteiger partial charge in [-0.2, -0.15) is 13.2 Å². The van der Waals surface area contributed by atoms with Crippen LogP contribution in [0.25, 0.3) is 0 Å². The fraction of sp³-hybridized carbons (Fsp3) is 0.500. The molecule has 1 saturated heterocycles. The van der Waals surface area contributed by atoms with Crippen LogP contribution in [0.2, 0.25) is 0 Å². The summed E-state index contributed by atoms with van der Waals surface area (Å²) in [5.41, 5.74) is -0.222. The van der Waals surface area contributed by atoms with Gasteiger partial charge in [-0.3, -0.25) is 9.78 Å². The van der Waals surface area contributed by atoms with E-state index >= 15 is 0 Å². The lowest BCUT2D eigenvalue weighted by Crippen LogP contribution is -2.46. The molecule has 1 atom stereocenters. The molecule has 0 N–H and O–H groups in total. The van der Waals surface area contributed by atoms with E-state index in [9.17, 15) is 18.0 Å². The monoisotopic (exact) mass is 435 g/mol. The molecular weight excluding hydrogens is 407 g/mol. The van der Waals surface area contributed by atoms with Crippen LogP contribution in [-0.4, -0.2) is 65.9 Å². The SMILES string of the molecule is CN(C)CCN(Cc1cccc(C(F)(F)F)c1)C(=O)C1CCCN(c2cnccn2)C1. The van der Waals surface area contributed by atoms with Gasteiger partial charge < -0.3 is 14.7 Å². The third-order valence-corrected chi connectivity index (χ3v) is 5.40. The Morgan fingerprint density at radius 3 is 2.71 bits per heavy atom. The summed E-state index contributed by atoms with van der Waals surface area (Å²) in [4.78, 5) is 27.5. The number of hydrogen-bond donors (Lipinski definition) is 0. The van der Waals surface area contributed by atoms with Crippen molar-refractivity contribution in [2.45, 2.75) is 25.6 Å². The van der Waals surface area contributed by atoms with Gasteiger partial charge in [0.2, 0.25) is 5.91 Å². The zero-order valence-corrected chi connectivity index (χ0v) is 17.8. The summed E-state index contributed by atoms with van der Waals surface area (Å²) >= 11 is 0. The lowest BCUT2D eigenvalue weighted by atomic mass is 9.96. The summed E-state index contributed by atoms with van der Waals surface area (Å²) in [6, 6.07) is 5.21. The Balaban J connectivity index is 1.75. The maximum atomic E-state index is 13.4. The number of alkyl halides is 3. The number of hydrogen-bond acceptors (Lipinski definition) is 5. The number of piperidine rings is 1. The highest BCUT2D eigenvalue weighted by Crippen LogP contribution is 2.30. The van der Waals surface area contributed by atoms with E-state index in [1.165, 1.54) is 6.07 Å². The Morgan fingerprint density at radius 1 is 1.23 bits per heavy atom. The fourth-order valence-corrected chi connectivity index (χ4v) is 3.75. The average molecular weight is 435 g/mol. The van der Waals surface area contributed by atoms with Crippen LogP contribution in [0.4, 0.5) is 19.0 Å². The number of rotatable bonds is 7. The lowest BCUT2D eigenvalue weighted by molar-refractivity contribution is -0.137. The maximum absolute atomic E-state index is 13.4. The number of benzene rings is 1. The molecule has 1 fully saturated rings. The Hall–Kier alpha value is -2.68. The maximum Gasteiger partial charge on any atom is 0.416 e. The summed E-state index contributed by atoms with van der Waals surface area (Å²) in [5, 5.41) is 0. The Morgan fingerprint density at radius 2 is 2.03 bits per heavy atom. The molecule has 0 aliphatic carbocycles. The van der Waals surface area contributed by atoms with Crippen LogP contribution in [0, 0.1) is 5.92 Å². The van der Waals surface area contributed by atoms with Crippen molar-refractivity contribution in [2.75, 3.05) is 45.2 Å². The number of carbonyl (C=O) groups excluding carboxylic acids is 1. The van der Waals surface area contributed by atoms with E-state index < -0.39 is 11.7 Å². The number of aromatic nitrogens is 2. The largest absolute Gasteiger partial charge is 0.416 e. The van der Waals surface area contributed by atoms with Gasteiger partial charge in [0.25, 0.3) is 0 Å². The third-order valence-electron chi connectivity index (χ3n) is 5.40. The van der Waals surface area contributed by atoms with E-state index in [4.69, 9.17) is 0 Å². The minimum absolute atomic E-state index is 0.0344.